The molecule has 0 aliphatic carbocycles. The quantitative estimate of drug-likeness (QED) is 0.598. The number of oxime groups is 1. The summed E-state index contributed by atoms with van der Waals surface area (Å²) in [6, 6.07) is -0.0820. The second-order valence-electron chi connectivity index (χ2n) is 6.03. The molecule has 7 heteroatoms. The first-order chi connectivity index (χ1) is 11.5. The number of nitrogens with zero attached hydrogens (tertiary/aromatic N) is 4. The summed E-state index contributed by atoms with van der Waals surface area (Å²) in [5, 5.41) is 12.8. The first kappa shape index (κ1) is 17.9. The van der Waals surface area contributed by atoms with Crippen LogP contribution in [-0.2, 0) is 9.63 Å². The van der Waals surface area contributed by atoms with Gasteiger partial charge in [0.15, 0.2) is 6.10 Å². The Balaban J connectivity index is 1.79. The lowest BCUT2D eigenvalue weighted by Crippen LogP contribution is -2.36. The third-order valence-electron chi connectivity index (χ3n) is 3.72. The fourth-order valence-electron chi connectivity index (χ4n) is 2.21. The van der Waals surface area contributed by atoms with E-state index in [1.54, 1.807) is 17.4 Å². The number of allylic oxidation sites excluding steroid dienone is 2. The summed E-state index contributed by atoms with van der Waals surface area (Å²) in [6.45, 7) is 8.16. The lowest BCUT2D eigenvalue weighted by molar-refractivity contribution is -0.122. The van der Waals surface area contributed by atoms with Crippen LogP contribution in [0.2, 0.25) is 0 Å². The van der Waals surface area contributed by atoms with Crippen molar-refractivity contribution in [1.29, 1.82) is 0 Å². The Hall–Kier alpha value is -2.44. The molecule has 0 aromatic rings. The zero-order valence-corrected chi connectivity index (χ0v) is 14.6. The molecule has 0 radical (unpaired) electrons. The molecular formula is C17H25N5O2. The molecule has 7 nitrogen and oxygen atoms in total. The normalized spacial score (nSPS) is 23.2. The molecule has 0 aromatic heterocycles. The molecule has 0 spiro atoms. The summed E-state index contributed by atoms with van der Waals surface area (Å²) in [4.78, 5) is 21.6. The second-order valence-corrected chi connectivity index (χ2v) is 6.03. The van der Waals surface area contributed by atoms with Crippen LogP contribution in [0.15, 0.2) is 39.2 Å². The van der Waals surface area contributed by atoms with Crippen molar-refractivity contribution in [3.63, 3.8) is 0 Å². The standard InChI is InChI=1S/C17H25N5O2/c1-12(10-19-22-11-18-14(3)9-15(22)4)17(23)21-13(2)5-6-16-7-8-20-24-16/h5-6,8-10,12-13,16H,7,11H2,1-4H3,(H,21,23)/b6-5-,19-10-. The van der Waals surface area contributed by atoms with Gasteiger partial charge >= 0.3 is 0 Å². The molecule has 2 rings (SSSR count). The predicted molar refractivity (Wildman–Crippen MR) is 96.0 cm³/mol. The van der Waals surface area contributed by atoms with E-state index >= 15 is 0 Å². The average molecular weight is 331 g/mol. The van der Waals surface area contributed by atoms with Crippen molar-refractivity contribution < 1.29 is 9.63 Å². The zero-order valence-electron chi connectivity index (χ0n) is 14.6. The van der Waals surface area contributed by atoms with Gasteiger partial charge in [-0.25, -0.2) is 5.01 Å². The molecule has 1 N–H and O–H groups in total. The summed E-state index contributed by atoms with van der Waals surface area (Å²) in [5.74, 6) is -0.399. The van der Waals surface area contributed by atoms with Gasteiger partial charge in [-0.05, 0) is 39.8 Å². The molecule has 0 fully saturated rings. The van der Waals surface area contributed by atoms with Crippen LogP contribution in [0.3, 0.4) is 0 Å². The van der Waals surface area contributed by atoms with Crippen molar-refractivity contribution in [2.45, 2.75) is 46.3 Å². The third kappa shape index (κ3) is 5.33. The second kappa shape index (κ2) is 8.42. The smallest absolute Gasteiger partial charge is 0.228 e. The summed E-state index contributed by atoms with van der Waals surface area (Å²) in [7, 11) is 0. The zero-order chi connectivity index (χ0) is 17.5. The fraction of sp³-hybridized carbons (Fsp3) is 0.529. The van der Waals surface area contributed by atoms with Crippen molar-refractivity contribution in [1.82, 2.24) is 10.3 Å². The largest absolute Gasteiger partial charge is 0.388 e. The maximum atomic E-state index is 12.2. The Morgan fingerprint density at radius 2 is 2.29 bits per heavy atom. The molecule has 130 valence electrons. The van der Waals surface area contributed by atoms with E-state index in [0.29, 0.717) is 6.67 Å². The van der Waals surface area contributed by atoms with Crippen molar-refractivity contribution in [3.8, 4) is 0 Å². The highest BCUT2D eigenvalue weighted by Gasteiger charge is 2.15. The molecule has 1 amide bonds. The predicted octanol–water partition coefficient (Wildman–Crippen LogP) is 2.08. The van der Waals surface area contributed by atoms with Gasteiger partial charge < -0.3 is 10.2 Å². The van der Waals surface area contributed by atoms with Gasteiger partial charge in [-0.3, -0.25) is 9.79 Å². The molecule has 2 aliphatic rings. The number of hydrazone groups is 1. The van der Waals surface area contributed by atoms with Crippen LogP contribution < -0.4 is 5.32 Å². The summed E-state index contributed by atoms with van der Waals surface area (Å²) < 4.78 is 0. The highest BCUT2D eigenvalue weighted by atomic mass is 16.6. The maximum absolute atomic E-state index is 12.2. The summed E-state index contributed by atoms with van der Waals surface area (Å²) in [5.41, 5.74) is 2.00. The molecule has 3 atom stereocenters. The van der Waals surface area contributed by atoms with Crippen LogP contribution in [0.1, 0.15) is 34.1 Å². The Morgan fingerprint density at radius 3 is 2.96 bits per heavy atom. The van der Waals surface area contributed by atoms with Crippen LogP contribution in [0.25, 0.3) is 0 Å². The fourth-order valence-corrected chi connectivity index (χ4v) is 2.21. The summed E-state index contributed by atoms with van der Waals surface area (Å²) >= 11 is 0. The summed E-state index contributed by atoms with van der Waals surface area (Å²) in [6.07, 6.45) is 9.92. The Kier molecular flexibility index (Phi) is 6.28. The molecule has 24 heavy (non-hydrogen) atoms. The van der Waals surface area contributed by atoms with Crippen molar-refractivity contribution in [2.24, 2.45) is 21.2 Å². The number of carbonyl (C=O) groups is 1. The SMILES string of the molecule is CC1=CC(C)=NCN1/N=C\C(C)C(=O)NC(C)/C=C\C1CC=NO1. The van der Waals surface area contributed by atoms with E-state index < -0.39 is 0 Å². The van der Waals surface area contributed by atoms with Gasteiger partial charge in [0.1, 0.15) is 6.67 Å². The van der Waals surface area contributed by atoms with Gasteiger partial charge in [0.2, 0.25) is 5.91 Å². The van der Waals surface area contributed by atoms with Crippen molar-refractivity contribution in [2.75, 3.05) is 6.67 Å². The average Bonchev–Trinajstić information content (AvgIpc) is 3.05. The van der Waals surface area contributed by atoms with Gasteiger partial charge in [0.05, 0.1) is 5.92 Å². The van der Waals surface area contributed by atoms with Gasteiger partial charge in [-0.1, -0.05) is 11.2 Å². The van der Waals surface area contributed by atoms with Crippen LogP contribution in [-0.4, -0.2) is 47.9 Å². The Morgan fingerprint density at radius 1 is 1.50 bits per heavy atom. The monoisotopic (exact) mass is 331 g/mol. The van der Waals surface area contributed by atoms with Crippen LogP contribution in [0.5, 0.6) is 0 Å². The minimum absolute atomic E-state index is 0.0267. The molecule has 2 aliphatic heterocycles. The topological polar surface area (TPSA) is 78.7 Å². The lowest BCUT2D eigenvalue weighted by Gasteiger charge is -2.21. The van der Waals surface area contributed by atoms with E-state index in [0.717, 1.165) is 17.8 Å². The molecule has 0 saturated heterocycles. The minimum atomic E-state index is -0.327. The number of nitrogens with one attached hydrogen (secondary N) is 1. The minimum Gasteiger partial charge on any atom is -0.388 e. The van der Waals surface area contributed by atoms with Gasteiger partial charge in [-0.2, -0.15) is 5.10 Å². The molecule has 0 saturated carbocycles. The van der Waals surface area contributed by atoms with Crippen LogP contribution in [0, 0.1) is 5.92 Å². The first-order valence-electron chi connectivity index (χ1n) is 8.13. The number of rotatable bonds is 6. The van der Waals surface area contributed by atoms with E-state index in [2.05, 4.69) is 20.6 Å². The number of amides is 1. The van der Waals surface area contributed by atoms with E-state index in [1.165, 1.54) is 0 Å². The van der Waals surface area contributed by atoms with Crippen molar-refractivity contribution in [3.05, 3.63) is 23.9 Å². The highest BCUT2D eigenvalue weighted by Crippen LogP contribution is 2.10. The van der Waals surface area contributed by atoms with E-state index in [1.807, 2.05) is 45.9 Å². The van der Waals surface area contributed by atoms with E-state index in [-0.39, 0.29) is 24.0 Å². The molecule has 0 bridgehead atoms. The Labute approximate surface area is 142 Å². The van der Waals surface area contributed by atoms with E-state index in [9.17, 15) is 4.79 Å². The van der Waals surface area contributed by atoms with E-state index in [4.69, 9.17) is 4.84 Å². The number of carbonyl (C=O) groups excluding carboxylic acids is 1. The van der Waals surface area contributed by atoms with Gasteiger partial charge in [0, 0.05) is 36.3 Å². The van der Waals surface area contributed by atoms with Crippen LogP contribution >= 0.6 is 0 Å². The molecular weight excluding hydrogens is 306 g/mol. The number of hydrogen-bond acceptors (Lipinski definition) is 6. The van der Waals surface area contributed by atoms with Crippen molar-refractivity contribution >= 4 is 24.0 Å². The van der Waals surface area contributed by atoms with Gasteiger partial charge in [0.25, 0.3) is 0 Å². The van der Waals surface area contributed by atoms with Gasteiger partial charge in [-0.15, -0.1) is 0 Å². The lowest BCUT2D eigenvalue weighted by atomic mass is 10.1. The third-order valence-corrected chi connectivity index (χ3v) is 3.72. The molecule has 0 aromatic carbocycles. The maximum Gasteiger partial charge on any atom is 0.228 e. The molecule has 2 heterocycles. The number of aliphatic imine (C=N–C) groups is 1. The highest BCUT2D eigenvalue weighted by molar-refractivity contribution is 5.94. The Bertz CT molecular complexity index is 598. The molecule has 3 unspecified atom stereocenters. The van der Waals surface area contributed by atoms with Crippen LogP contribution in [0.4, 0.5) is 0 Å². The number of hydrogen-bond donors (Lipinski definition) is 1. The first-order valence-corrected chi connectivity index (χ1v) is 8.13.